The third-order valence-electron chi connectivity index (χ3n) is 4.64. The Balaban J connectivity index is 2.11. The topological polar surface area (TPSA) is 88.9 Å². The first-order valence-electron chi connectivity index (χ1n) is 8.34. The highest BCUT2D eigenvalue weighted by Crippen LogP contribution is 2.30. The Morgan fingerprint density at radius 3 is 2.58 bits per heavy atom. The van der Waals surface area contributed by atoms with Gasteiger partial charge >= 0.3 is 0 Å². The molecule has 0 saturated heterocycles. The number of nitriles is 1. The molecule has 0 aliphatic heterocycles. The number of aryl methyl sites for hydroxylation is 2. The molecule has 1 aromatic heterocycles. The van der Waals surface area contributed by atoms with Crippen molar-refractivity contribution in [1.29, 1.82) is 5.26 Å². The molecular formula is C20H21N3O2S. The molecule has 0 amide bonds. The molecule has 134 valence electrons. The number of primary sulfonamides is 1. The van der Waals surface area contributed by atoms with E-state index in [9.17, 15) is 13.7 Å². The highest BCUT2D eigenvalue weighted by atomic mass is 32.2. The molecule has 0 radical (unpaired) electrons. The molecule has 0 saturated carbocycles. The summed E-state index contributed by atoms with van der Waals surface area (Å²) < 4.78 is 26.3. The monoisotopic (exact) mass is 367 g/mol. The van der Waals surface area contributed by atoms with E-state index in [4.69, 9.17) is 5.14 Å². The number of benzene rings is 2. The van der Waals surface area contributed by atoms with Gasteiger partial charge in [-0.15, -0.1) is 0 Å². The molecule has 0 spiro atoms. The predicted octanol–water partition coefficient (Wildman–Crippen LogP) is 3.58. The van der Waals surface area contributed by atoms with Gasteiger partial charge in [-0.1, -0.05) is 42.8 Å². The van der Waals surface area contributed by atoms with Gasteiger partial charge < -0.3 is 4.57 Å². The maximum Gasteiger partial charge on any atom is 0.238 e. The van der Waals surface area contributed by atoms with Crippen LogP contribution in [0.2, 0.25) is 0 Å². The van der Waals surface area contributed by atoms with Crippen molar-refractivity contribution in [2.24, 2.45) is 5.14 Å². The van der Waals surface area contributed by atoms with Gasteiger partial charge in [0, 0.05) is 29.6 Å². The van der Waals surface area contributed by atoms with E-state index in [1.165, 1.54) is 0 Å². The molecular weight excluding hydrogens is 346 g/mol. The zero-order chi connectivity index (χ0) is 19.1. The van der Waals surface area contributed by atoms with Crippen LogP contribution in [0.4, 0.5) is 0 Å². The van der Waals surface area contributed by atoms with Crippen molar-refractivity contribution in [1.82, 2.24) is 4.57 Å². The van der Waals surface area contributed by atoms with Crippen LogP contribution in [-0.4, -0.2) is 13.0 Å². The number of hydrogen-bond acceptors (Lipinski definition) is 3. The second kappa shape index (κ2) is 6.60. The standard InChI is InChI=1S/C20H21N3O2S/c1-13-8-14(2)20(26(22,24)25)18(9-13)15(3)11-23-12-16(10-21)17-6-4-5-7-19(17)23/h4-9,12,15H,11H2,1-3H3,(H2,22,24,25)/t15-/m1/s1. The zero-order valence-corrected chi connectivity index (χ0v) is 15.8. The largest absolute Gasteiger partial charge is 0.346 e. The second-order valence-corrected chi connectivity index (χ2v) is 8.27. The normalized spacial score (nSPS) is 12.9. The fraction of sp³-hybridized carbons (Fsp3) is 0.250. The van der Waals surface area contributed by atoms with Crippen molar-refractivity contribution in [2.75, 3.05) is 0 Å². The predicted molar refractivity (Wildman–Crippen MR) is 102 cm³/mol. The summed E-state index contributed by atoms with van der Waals surface area (Å²) in [5.41, 5.74) is 3.93. The molecule has 0 unspecified atom stereocenters. The highest BCUT2D eigenvalue weighted by Gasteiger charge is 2.22. The van der Waals surface area contributed by atoms with Gasteiger partial charge in [0.25, 0.3) is 0 Å². The first kappa shape index (κ1) is 18.2. The van der Waals surface area contributed by atoms with E-state index in [1.54, 1.807) is 6.92 Å². The summed E-state index contributed by atoms with van der Waals surface area (Å²) in [6, 6.07) is 13.6. The van der Waals surface area contributed by atoms with Crippen LogP contribution in [0.5, 0.6) is 0 Å². The van der Waals surface area contributed by atoms with E-state index < -0.39 is 10.0 Å². The minimum absolute atomic E-state index is 0.0933. The molecule has 3 rings (SSSR count). The number of hydrogen-bond donors (Lipinski definition) is 1. The molecule has 0 bridgehead atoms. The molecule has 26 heavy (non-hydrogen) atoms. The Hall–Kier alpha value is -2.62. The number of nitrogens with two attached hydrogens (primary N) is 1. The number of para-hydroxylation sites is 1. The molecule has 2 N–H and O–H groups in total. The summed E-state index contributed by atoms with van der Waals surface area (Å²) in [5.74, 6) is -0.0933. The van der Waals surface area contributed by atoms with Crippen molar-refractivity contribution in [3.05, 3.63) is 64.8 Å². The number of rotatable bonds is 4. The maximum atomic E-state index is 12.1. The molecule has 0 fully saturated rings. The smallest absolute Gasteiger partial charge is 0.238 e. The number of sulfonamides is 1. The van der Waals surface area contributed by atoms with Crippen LogP contribution in [0.3, 0.4) is 0 Å². The third kappa shape index (κ3) is 3.24. The minimum Gasteiger partial charge on any atom is -0.346 e. The quantitative estimate of drug-likeness (QED) is 0.764. The molecule has 0 aliphatic rings. The molecule has 6 heteroatoms. The number of fused-ring (bicyclic) bond motifs is 1. The van der Waals surface area contributed by atoms with Crippen LogP contribution in [0, 0.1) is 25.2 Å². The summed E-state index contributed by atoms with van der Waals surface area (Å²) in [7, 11) is -3.82. The summed E-state index contributed by atoms with van der Waals surface area (Å²) in [5, 5.41) is 15.7. The van der Waals surface area contributed by atoms with Gasteiger partial charge in [-0.05, 0) is 31.0 Å². The summed E-state index contributed by atoms with van der Waals surface area (Å²) in [6.45, 7) is 6.23. The fourth-order valence-corrected chi connectivity index (χ4v) is 4.72. The number of aromatic nitrogens is 1. The van der Waals surface area contributed by atoms with Gasteiger partial charge in [-0.2, -0.15) is 5.26 Å². The van der Waals surface area contributed by atoms with Gasteiger partial charge in [-0.3, -0.25) is 0 Å². The van der Waals surface area contributed by atoms with Gasteiger partial charge in [-0.25, -0.2) is 13.6 Å². The van der Waals surface area contributed by atoms with Crippen LogP contribution in [-0.2, 0) is 16.6 Å². The Kier molecular flexibility index (Phi) is 4.61. The molecule has 1 heterocycles. The minimum atomic E-state index is -3.82. The first-order chi connectivity index (χ1) is 12.2. The SMILES string of the molecule is Cc1cc(C)c(S(N)(=O)=O)c([C@H](C)Cn2cc(C#N)c3ccccc32)c1. The summed E-state index contributed by atoms with van der Waals surface area (Å²) >= 11 is 0. The van der Waals surface area contributed by atoms with Crippen molar-refractivity contribution >= 4 is 20.9 Å². The van der Waals surface area contributed by atoms with Crippen LogP contribution >= 0.6 is 0 Å². The van der Waals surface area contributed by atoms with Gasteiger partial charge in [0.2, 0.25) is 10.0 Å². The Labute approximate surface area is 153 Å². The van der Waals surface area contributed by atoms with Crippen molar-refractivity contribution in [3.8, 4) is 6.07 Å². The maximum absolute atomic E-state index is 12.1. The van der Waals surface area contributed by atoms with Gasteiger partial charge in [0.15, 0.2) is 0 Å². The second-order valence-electron chi connectivity index (χ2n) is 6.77. The van der Waals surface area contributed by atoms with E-state index in [-0.39, 0.29) is 10.8 Å². The molecule has 3 aromatic rings. The fourth-order valence-electron chi connectivity index (χ4n) is 3.62. The lowest BCUT2D eigenvalue weighted by atomic mass is 9.96. The lowest BCUT2D eigenvalue weighted by molar-refractivity contribution is 0.581. The molecule has 2 aromatic carbocycles. The Morgan fingerprint density at radius 2 is 1.92 bits per heavy atom. The van der Waals surface area contributed by atoms with E-state index in [0.717, 1.165) is 16.5 Å². The average molecular weight is 367 g/mol. The van der Waals surface area contributed by atoms with Crippen LogP contribution in [0.15, 0.2) is 47.5 Å². The highest BCUT2D eigenvalue weighted by molar-refractivity contribution is 7.89. The average Bonchev–Trinajstić information content (AvgIpc) is 2.91. The van der Waals surface area contributed by atoms with E-state index in [2.05, 4.69) is 6.07 Å². The number of nitrogens with zero attached hydrogens (tertiary/aromatic N) is 2. The van der Waals surface area contributed by atoms with E-state index >= 15 is 0 Å². The molecule has 0 aliphatic carbocycles. The Bertz CT molecular complexity index is 1140. The lowest BCUT2D eigenvalue weighted by Crippen LogP contribution is -2.19. The summed E-state index contributed by atoms with van der Waals surface area (Å²) in [6.07, 6.45) is 1.82. The van der Waals surface area contributed by atoms with E-state index in [1.807, 2.05) is 61.0 Å². The van der Waals surface area contributed by atoms with Crippen molar-refractivity contribution in [3.63, 3.8) is 0 Å². The van der Waals surface area contributed by atoms with Crippen LogP contribution < -0.4 is 5.14 Å². The van der Waals surface area contributed by atoms with Crippen LogP contribution in [0.1, 0.15) is 35.1 Å². The zero-order valence-electron chi connectivity index (χ0n) is 15.0. The summed E-state index contributed by atoms with van der Waals surface area (Å²) in [4.78, 5) is 0.201. The molecule has 5 nitrogen and oxygen atoms in total. The first-order valence-corrected chi connectivity index (χ1v) is 9.89. The Morgan fingerprint density at radius 1 is 1.23 bits per heavy atom. The lowest BCUT2D eigenvalue weighted by Gasteiger charge is -2.19. The van der Waals surface area contributed by atoms with E-state index in [0.29, 0.717) is 23.2 Å². The van der Waals surface area contributed by atoms with Gasteiger partial charge in [0.1, 0.15) is 6.07 Å². The van der Waals surface area contributed by atoms with Crippen molar-refractivity contribution < 1.29 is 8.42 Å². The van der Waals surface area contributed by atoms with Gasteiger partial charge in [0.05, 0.1) is 10.5 Å². The third-order valence-corrected chi connectivity index (χ3v) is 5.77. The molecule has 1 atom stereocenters. The van der Waals surface area contributed by atoms with Crippen molar-refractivity contribution in [2.45, 2.75) is 38.1 Å². The van der Waals surface area contributed by atoms with Crippen LogP contribution in [0.25, 0.3) is 10.9 Å².